The zero-order chi connectivity index (χ0) is 12.3. The first-order chi connectivity index (χ1) is 8.20. The molecule has 0 amide bonds. The van der Waals surface area contributed by atoms with Crippen molar-refractivity contribution in [1.82, 2.24) is 9.97 Å². The van der Waals surface area contributed by atoms with Gasteiger partial charge in [-0.05, 0) is 29.7 Å². The minimum Gasteiger partial charge on any atom is -0.330 e. The Morgan fingerprint density at radius 2 is 2.47 bits per heavy atom. The zero-order valence-corrected chi connectivity index (χ0v) is 11.2. The lowest BCUT2D eigenvalue weighted by atomic mass is 10.2. The van der Waals surface area contributed by atoms with Crippen molar-refractivity contribution in [2.45, 2.75) is 12.7 Å². The van der Waals surface area contributed by atoms with Gasteiger partial charge in [-0.25, -0.2) is 4.98 Å². The molecule has 17 heavy (non-hydrogen) atoms. The molecule has 0 bridgehead atoms. The van der Waals surface area contributed by atoms with E-state index in [1.807, 2.05) is 11.4 Å². The van der Waals surface area contributed by atoms with E-state index in [1.54, 1.807) is 11.8 Å². The van der Waals surface area contributed by atoms with Crippen LogP contribution in [0.25, 0.3) is 10.2 Å². The molecule has 0 aromatic carbocycles. The van der Waals surface area contributed by atoms with Gasteiger partial charge in [-0.2, -0.15) is 11.8 Å². The van der Waals surface area contributed by atoms with Crippen LogP contribution in [0.3, 0.4) is 0 Å². The number of fused-ring (bicyclic) bond motifs is 1. The van der Waals surface area contributed by atoms with Crippen LogP contribution < -0.4 is 11.3 Å². The summed E-state index contributed by atoms with van der Waals surface area (Å²) in [4.78, 5) is 18.9. The minimum absolute atomic E-state index is 0.0347. The number of aromatic amines is 1. The van der Waals surface area contributed by atoms with Crippen molar-refractivity contribution in [2.24, 2.45) is 11.7 Å². The van der Waals surface area contributed by atoms with E-state index in [2.05, 4.69) is 16.9 Å². The van der Waals surface area contributed by atoms with Gasteiger partial charge in [0.05, 0.1) is 11.3 Å². The fraction of sp³-hybridized carbons (Fsp3) is 0.455. The quantitative estimate of drug-likeness (QED) is 0.868. The van der Waals surface area contributed by atoms with E-state index in [1.165, 1.54) is 11.3 Å². The summed E-state index contributed by atoms with van der Waals surface area (Å²) in [6.07, 6.45) is 0. The van der Waals surface area contributed by atoms with Gasteiger partial charge in [0.15, 0.2) is 0 Å². The maximum absolute atomic E-state index is 11.7. The van der Waals surface area contributed by atoms with Crippen molar-refractivity contribution in [2.75, 3.05) is 12.3 Å². The molecular weight excluding hydrogens is 254 g/mol. The molecule has 0 aliphatic rings. The number of H-pyrrole nitrogens is 1. The highest BCUT2D eigenvalue weighted by Crippen LogP contribution is 2.16. The van der Waals surface area contributed by atoms with Crippen LogP contribution in [0.15, 0.2) is 16.2 Å². The van der Waals surface area contributed by atoms with Crippen molar-refractivity contribution in [1.29, 1.82) is 0 Å². The van der Waals surface area contributed by atoms with E-state index < -0.39 is 0 Å². The van der Waals surface area contributed by atoms with E-state index in [0.29, 0.717) is 17.2 Å². The number of hydrogen-bond acceptors (Lipinski definition) is 5. The number of hydrogen-bond donors (Lipinski definition) is 2. The fourth-order valence-corrected chi connectivity index (χ4v) is 3.13. The van der Waals surface area contributed by atoms with Gasteiger partial charge in [0.2, 0.25) is 0 Å². The van der Waals surface area contributed by atoms with E-state index in [-0.39, 0.29) is 5.56 Å². The van der Waals surface area contributed by atoms with Gasteiger partial charge in [0.1, 0.15) is 10.5 Å². The molecule has 1 unspecified atom stereocenters. The standard InChI is InChI=1S/C11H15N3OS2/c1-7(4-12)5-16-6-9-13-8-2-3-17-10(8)11(15)14-9/h2-3,7H,4-6,12H2,1H3,(H,13,14,15). The molecular formula is C11H15N3OS2. The Morgan fingerprint density at radius 1 is 1.65 bits per heavy atom. The van der Waals surface area contributed by atoms with Crippen molar-refractivity contribution in [3.05, 3.63) is 27.6 Å². The molecule has 2 heterocycles. The summed E-state index contributed by atoms with van der Waals surface area (Å²) in [6.45, 7) is 2.81. The normalized spacial score (nSPS) is 13.1. The summed E-state index contributed by atoms with van der Waals surface area (Å²) in [5, 5.41) is 1.89. The van der Waals surface area contributed by atoms with Crippen LogP contribution in [0.1, 0.15) is 12.7 Å². The summed E-state index contributed by atoms with van der Waals surface area (Å²) in [6, 6.07) is 1.88. The molecule has 6 heteroatoms. The fourth-order valence-electron chi connectivity index (χ4n) is 1.41. The van der Waals surface area contributed by atoms with Crippen LogP contribution in [-0.4, -0.2) is 22.3 Å². The van der Waals surface area contributed by atoms with Gasteiger partial charge in [0, 0.05) is 0 Å². The lowest BCUT2D eigenvalue weighted by Crippen LogP contribution is -2.13. The third kappa shape index (κ3) is 3.08. The van der Waals surface area contributed by atoms with Crippen molar-refractivity contribution in [3.63, 3.8) is 0 Å². The highest BCUT2D eigenvalue weighted by molar-refractivity contribution is 7.98. The zero-order valence-electron chi connectivity index (χ0n) is 9.60. The Balaban J connectivity index is 2.06. The van der Waals surface area contributed by atoms with Crippen LogP contribution in [0.2, 0.25) is 0 Å². The molecule has 92 valence electrons. The highest BCUT2D eigenvalue weighted by atomic mass is 32.2. The van der Waals surface area contributed by atoms with Crippen molar-refractivity contribution >= 4 is 33.3 Å². The number of thiophene rings is 1. The van der Waals surface area contributed by atoms with Gasteiger partial charge >= 0.3 is 0 Å². The topological polar surface area (TPSA) is 71.8 Å². The Kier molecular flexibility index (Phi) is 4.20. The monoisotopic (exact) mass is 269 g/mol. The molecule has 0 aliphatic carbocycles. The summed E-state index contributed by atoms with van der Waals surface area (Å²) in [5.74, 6) is 2.96. The molecule has 0 spiro atoms. The molecule has 1 atom stereocenters. The predicted molar refractivity (Wildman–Crippen MR) is 74.6 cm³/mol. The van der Waals surface area contributed by atoms with Gasteiger partial charge in [-0.1, -0.05) is 6.92 Å². The molecule has 2 rings (SSSR count). The first-order valence-corrected chi connectivity index (χ1v) is 7.48. The van der Waals surface area contributed by atoms with Crippen LogP contribution in [-0.2, 0) is 5.75 Å². The third-order valence-electron chi connectivity index (χ3n) is 2.41. The van der Waals surface area contributed by atoms with E-state index in [4.69, 9.17) is 5.73 Å². The Morgan fingerprint density at radius 3 is 3.24 bits per heavy atom. The van der Waals surface area contributed by atoms with Crippen molar-refractivity contribution in [3.8, 4) is 0 Å². The van der Waals surface area contributed by atoms with Crippen LogP contribution >= 0.6 is 23.1 Å². The smallest absolute Gasteiger partial charge is 0.268 e. The summed E-state index contributed by atoms with van der Waals surface area (Å²) in [5.41, 5.74) is 6.31. The van der Waals surface area contributed by atoms with Gasteiger partial charge in [-0.15, -0.1) is 11.3 Å². The predicted octanol–water partition coefficient (Wildman–Crippen LogP) is 1.81. The minimum atomic E-state index is -0.0347. The second-order valence-corrected chi connectivity index (χ2v) is 5.95. The number of thioether (sulfide) groups is 1. The maximum atomic E-state index is 11.7. The molecule has 0 radical (unpaired) electrons. The number of nitrogens with one attached hydrogen (secondary N) is 1. The average Bonchev–Trinajstić information content (AvgIpc) is 2.77. The largest absolute Gasteiger partial charge is 0.330 e. The number of nitrogens with two attached hydrogens (primary N) is 1. The Bertz CT molecular complexity index is 549. The number of aromatic nitrogens is 2. The van der Waals surface area contributed by atoms with Gasteiger partial charge in [0.25, 0.3) is 5.56 Å². The van der Waals surface area contributed by atoms with Crippen LogP contribution in [0, 0.1) is 5.92 Å². The highest BCUT2D eigenvalue weighted by Gasteiger charge is 2.05. The van der Waals surface area contributed by atoms with E-state index in [9.17, 15) is 4.79 Å². The Hall–Kier alpha value is -0.850. The number of nitrogens with zero attached hydrogens (tertiary/aromatic N) is 1. The lowest BCUT2D eigenvalue weighted by Gasteiger charge is -2.06. The van der Waals surface area contributed by atoms with Crippen LogP contribution in [0.5, 0.6) is 0 Å². The first-order valence-electron chi connectivity index (χ1n) is 5.45. The molecule has 0 saturated carbocycles. The molecule has 2 aromatic heterocycles. The van der Waals surface area contributed by atoms with E-state index in [0.717, 1.165) is 22.8 Å². The van der Waals surface area contributed by atoms with Gasteiger partial charge < -0.3 is 10.7 Å². The lowest BCUT2D eigenvalue weighted by molar-refractivity contribution is 0.675. The SMILES string of the molecule is CC(CN)CSCc1nc2ccsc2c(=O)[nH]1. The molecule has 0 saturated heterocycles. The first kappa shape index (κ1) is 12.6. The summed E-state index contributed by atoms with van der Waals surface area (Å²) < 4.78 is 0.703. The molecule has 4 nitrogen and oxygen atoms in total. The summed E-state index contributed by atoms with van der Waals surface area (Å²) >= 11 is 3.18. The second kappa shape index (κ2) is 5.66. The van der Waals surface area contributed by atoms with Crippen molar-refractivity contribution < 1.29 is 0 Å². The Labute approximate surface area is 108 Å². The molecule has 0 aliphatic heterocycles. The number of rotatable bonds is 5. The second-order valence-electron chi connectivity index (χ2n) is 4.00. The molecule has 2 aromatic rings. The average molecular weight is 269 g/mol. The summed E-state index contributed by atoms with van der Waals surface area (Å²) in [7, 11) is 0. The van der Waals surface area contributed by atoms with Gasteiger partial charge in [-0.3, -0.25) is 4.79 Å². The third-order valence-corrected chi connectivity index (χ3v) is 4.59. The maximum Gasteiger partial charge on any atom is 0.268 e. The molecule has 0 fully saturated rings. The van der Waals surface area contributed by atoms with E-state index >= 15 is 0 Å². The van der Waals surface area contributed by atoms with Crippen LogP contribution in [0.4, 0.5) is 0 Å². The molecule has 3 N–H and O–H groups in total.